The highest BCUT2D eigenvalue weighted by Gasteiger charge is 2.17. The van der Waals surface area contributed by atoms with Crippen LogP contribution in [0.2, 0.25) is 0 Å². The first-order chi connectivity index (χ1) is 38.3. The van der Waals surface area contributed by atoms with Gasteiger partial charge in [-0.2, -0.15) is 0 Å². The molecule has 2 nitrogen and oxygen atoms in total. The largest absolute Gasteiger partial charge is 0.309 e. The quantitative estimate of drug-likeness (QED) is 0.165. The number of hydrogen-bond donors (Lipinski definition) is 0. The van der Waals surface area contributed by atoms with Gasteiger partial charge in [0.05, 0.1) is 55.0 Å². The van der Waals surface area contributed by atoms with Crippen molar-refractivity contribution in [3.63, 3.8) is 0 Å². The van der Waals surface area contributed by atoms with Crippen molar-refractivity contribution in [2.45, 2.75) is 0 Å². The molecule has 0 aliphatic carbocycles. The highest BCUT2D eigenvalue weighted by atomic mass is 32.1. The molecule has 9 aromatic carbocycles. The van der Waals surface area contributed by atoms with Crippen LogP contribution in [0.5, 0.6) is 0 Å². The molecule has 0 aliphatic heterocycles. The Bertz CT molecular complexity index is 4880. The SMILES string of the molecule is [2H]c1cc2c(c([2H])c1-c1c([2H])c([2H])c3c4c([2H])c([2H])c([2H])c([2H])c4n(-c4ccc(-c5ccccc5)cc4)c3c1[2H])c1c([2H])c([2H])c([2H])c([2H])c1n2-c1c([2H])c([2H])c2sc3c([2H])c([2H])c(-c4c([2H])c([2H])c([2H])c([2H])c4[2H])c([2H])c3c2c1[2H]. The van der Waals surface area contributed by atoms with E-state index in [-0.39, 0.29) is 64.0 Å². The smallest absolute Gasteiger partial charge is 0.0652 e. The predicted molar refractivity (Wildman–Crippen MR) is 244 cm³/mol. The third kappa shape index (κ3) is 5.10. The highest BCUT2D eigenvalue weighted by Crippen LogP contribution is 2.41. The fourth-order valence-corrected chi connectivity index (χ4v) is 8.19. The van der Waals surface area contributed by atoms with Crippen molar-refractivity contribution in [2.24, 2.45) is 0 Å². The first kappa shape index (κ1) is 16.5. The van der Waals surface area contributed by atoms with Crippen LogP contribution in [0.1, 0.15) is 32.9 Å². The van der Waals surface area contributed by atoms with Crippen molar-refractivity contribution in [2.75, 3.05) is 0 Å². The van der Waals surface area contributed by atoms with E-state index in [2.05, 4.69) is 0 Å². The van der Waals surface area contributed by atoms with E-state index in [0.717, 1.165) is 21.8 Å². The molecule has 0 bridgehead atoms. The minimum atomic E-state index is -0.802. The zero-order chi connectivity index (χ0) is 58.3. The molecule has 0 spiro atoms. The van der Waals surface area contributed by atoms with Crippen LogP contribution >= 0.6 is 11.3 Å². The van der Waals surface area contributed by atoms with E-state index < -0.39 is 178 Å². The lowest BCUT2D eigenvalue weighted by Gasteiger charge is -2.11. The third-order valence-electron chi connectivity index (χ3n) is 9.85. The molecule has 0 saturated carbocycles. The summed E-state index contributed by atoms with van der Waals surface area (Å²) >= 11 is 0.692. The van der Waals surface area contributed by atoms with E-state index in [1.807, 2.05) is 30.3 Å². The Morgan fingerprint density at radius 3 is 1.68 bits per heavy atom. The van der Waals surface area contributed by atoms with E-state index >= 15 is 0 Å². The van der Waals surface area contributed by atoms with Gasteiger partial charge in [-0.15, -0.1) is 11.3 Å². The Kier molecular flexibility index (Phi) is 3.67. The molecule has 3 heteroatoms. The van der Waals surface area contributed by atoms with Gasteiger partial charge < -0.3 is 9.13 Å². The lowest BCUT2D eigenvalue weighted by molar-refractivity contribution is 1.18. The standard InChI is InChI=1S/C54H34N2S/c1-3-11-35(12-4-1)37-19-24-41(25-20-37)55-49-17-9-7-15-43(49)45-27-21-40(33-52(45)55)39-22-28-51-46(31-39)44-16-8-10-18-50(44)56(51)42-26-30-54-48(34-42)47-32-38(23-29-53(47)57-54)36-13-5-2-6-14-36/h1-34H/i2D,5D,6D,7D,8D,9D,10D,13D,14D,15D,16D,17D,18D,21D,22D,23D,26D,27D,29D,30D,31D,32D,33D,34D. The van der Waals surface area contributed by atoms with Gasteiger partial charge in [-0.25, -0.2) is 0 Å². The van der Waals surface area contributed by atoms with Crippen LogP contribution in [0.15, 0.2) is 206 Å². The number of benzene rings is 9. The number of para-hydroxylation sites is 2. The van der Waals surface area contributed by atoms with Crippen LogP contribution in [0.4, 0.5) is 0 Å². The minimum Gasteiger partial charge on any atom is -0.309 e. The first-order valence-corrected chi connectivity index (χ1v) is 18.4. The predicted octanol–water partition coefficient (Wildman–Crippen LogP) is 15.2. The number of rotatable bonds is 5. The Morgan fingerprint density at radius 2 is 0.895 bits per heavy atom. The molecule has 0 N–H and O–H groups in total. The molecule has 12 rings (SSSR count). The molecule has 266 valence electrons. The van der Waals surface area contributed by atoms with Crippen molar-refractivity contribution < 1.29 is 32.9 Å². The van der Waals surface area contributed by atoms with Gasteiger partial charge in [0.25, 0.3) is 0 Å². The molecular formula is C54H34N2S. The molecule has 0 atom stereocenters. The van der Waals surface area contributed by atoms with Crippen LogP contribution < -0.4 is 0 Å². The lowest BCUT2D eigenvalue weighted by Crippen LogP contribution is -1.94. The van der Waals surface area contributed by atoms with Gasteiger partial charge >= 0.3 is 0 Å². The van der Waals surface area contributed by atoms with E-state index in [1.165, 1.54) is 4.57 Å². The highest BCUT2D eigenvalue weighted by molar-refractivity contribution is 7.25. The second-order valence-electron chi connectivity index (χ2n) is 13.0. The van der Waals surface area contributed by atoms with Crippen molar-refractivity contribution in [1.29, 1.82) is 0 Å². The fraction of sp³-hybridized carbons (Fsp3) is 0. The Hall–Kier alpha value is -7.20. The second-order valence-corrected chi connectivity index (χ2v) is 14.1. The average molecular weight is 767 g/mol. The first-order valence-electron chi connectivity index (χ1n) is 29.6. The molecular weight excluding hydrogens is 709 g/mol. The zero-order valence-corrected chi connectivity index (χ0v) is 29.9. The van der Waals surface area contributed by atoms with Gasteiger partial charge in [0, 0.05) is 53.1 Å². The number of nitrogens with zero attached hydrogens (tertiary/aromatic N) is 2. The zero-order valence-electron chi connectivity index (χ0n) is 53.1. The van der Waals surface area contributed by atoms with Gasteiger partial charge in [-0.3, -0.25) is 0 Å². The summed E-state index contributed by atoms with van der Waals surface area (Å²) in [6, 6.07) is 0.694. The molecule has 3 heterocycles. The van der Waals surface area contributed by atoms with Crippen molar-refractivity contribution >= 4 is 75.1 Å². The number of thiophene rings is 1. The van der Waals surface area contributed by atoms with E-state index in [4.69, 9.17) is 17.8 Å². The molecule has 57 heavy (non-hydrogen) atoms. The molecule has 0 fully saturated rings. The van der Waals surface area contributed by atoms with Crippen LogP contribution in [-0.2, 0) is 0 Å². The van der Waals surface area contributed by atoms with Crippen LogP contribution in [-0.4, -0.2) is 9.13 Å². The Balaban J connectivity index is 1.20. The van der Waals surface area contributed by atoms with Gasteiger partial charge in [0.15, 0.2) is 0 Å². The average Bonchev–Trinajstić information content (AvgIpc) is 2.05. The van der Waals surface area contributed by atoms with Crippen molar-refractivity contribution in [1.82, 2.24) is 9.13 Å². The second kappa shape index (κ2) is 12.7. The minimum absolute atomic E-state index is 0.128. The fourth-order valence-electron chi connectivity index (χ4n) is 7.27. The lowest BCUT2D eigenvalue weighted by atomic mass is 10.0. The molecule has 0 aliphatic rings. The van der Waals surface area contributed by atoms with Gasteiger partial charge in [-0.05, 0) is 106 Å². The number of aromatic nitrogens is 2. The van der Waals surface area contributed by atoms with Crippen molar-refractivity contribution in [3.8, 4) is 44.8 Å². The summed E-state index contributed by atoms with van der Waals surface area (Å²) in [5.41, 5.74) is -1.81. The number of hydrogen-bond acceptors (Lipinski definition) is 1. The summed E-state index contributed by atoms with van der Waals surface area (Å²) in [7, 11) is 0. The van der Waals surface area contributed by atoms with Crippen LogP contribution in [0.25, 0.3) is 109 Å². The van der Waals surface area contributed by atoms with E-state index in [9.17, 15) is 15.1 Å². The summed E-state index contributed by atoms with van der Waals surface area (Å²) in [5.74, 6) is 0. The molecule has 3 aromatic heterocycles. The van der Waals surface area contributed by atoms with Gasteiger partial charge in [0.2, 0.25) is 0 Å². The van der Waals surface area contributed by atoms with Crippen LogP contribution in [0, 0.1) is 0 Å². The normalized spacial score (nSPS) is 17.8. The Labute approximate surface area is 367 Å². The van der Waals surface area contributed by atoms with Crippen LogP contribution in [0.3, 0.4) is 0 Å². The maximum absolute atomic E-state index is 10.0. The summed E-state index contributed by atoms with van der Waals surface area (Å²) < 4.78 is 221. The monoisotopic (exact) mass is 766 g/mol. The summed E-state index contributed by atoms with van der Waals surface area (Å²) in [6.07, 6.45) is 0. The number of fused-ring (bicyclic) bond motifs is 9. The van der Waals surface area contributed by atoms with Gasteiger partial charge in [0.1, 0.15) is 0 Å². The Morgan fingerprint density at radius 1 is 0.316 bits per heavy atom. The molecule has 0 unspecified atom stereocenters. The molecule has 0 amide bonds. The topological polar surface area (TPSA) is 9.86 Å². The molecule has 0 saturated heterocycles. The molecule has 0 radical (unpaired) electrons. The van der Waals surface area contributed by atoms with Gasteiger partial charge in [-0.1, -0.05) is 133 Å². The maximum Gasteiger partial charge on any atom is 0.0652 e. The maximum atomic E-state index is 10.0. The van der Waals surface area contributed by atoms with E-state index in [0.29, 0.717) is 11.3 Å². The van der Waals surface area contributed by atoms with Crippen molar-refractivity contribution in [3.05, 3.63) is 206 Å². The summed E-state index contributed by atoms with van der Waals surface area (Å²) in [5, 5.41) is -1.65. The van der Waals surface area contributed by atoms with E-state index in [1.54, 1.807) is 24.3 Å². The summed E-state index contributed by atoms with van der Waals surface area (Å²) in [6.45, 7) is 0. The third-order valence-corrected chi connectivity index (χ3v) is 10.9. The summed E-state index contributed by atoms with van der Waals surface area (Å²) in [4.78, 5) is 0. The molecule has 12 aromatic rings.